The highest BCUT2D eigenvalue weighted by molar-refractivity contribution is 7.11. The summed E-state index contributed by atoms with van der Waals surface area (Å²) in [5.74, 6) is 0.814. The van der Waals surface area contributed by atoms with E-state index in [4.69, 9.17) is 0 Å². The lowest BCUT2D eigenvalue weighted by Crippen LogP contribution is -2.36. The molecule has 0 amide bonds. The molecule has 7 heteroatoms. The molecule has 0 saturated carbocycles. The van der Waals surface area contributed by atoms with Crippen LogP contribution in [0, 0.1) is 13.8 Å². The number of thiazole rings is 1. The molecule has 0 aliphatic heterocycles. The molecule has 3 rings (SSSR count). The fourth-order valence-corrected chi connectivity index (χ4v) is 3.47. The minimum Gasteiger partial charge on any atom is -0.357 e. The molecule has 0 aliphatic rings. The zero-order valence-electron chi connectivity index (χ0n) is 15.4. The number of rotatable bonds is 6. The van der Waals surface area contributed by atoms with Crippen LogP contribution < -0.4 is 10.6 Å². The molecule has 0 spiro atoms. The third kappa shape index (κ3) is 4.70. The molecule has 2 N–H and O–H groups in total. The van der Waals surface area contributed by atoms with Crippen LogP contribution in [-0.2, 0) is 13.1 Å². The standard InChI is InChI=1S/C19H24N6S/c1-4-20-19(22-13-18-14(2)24-15(3)26-18)21-12-16-6-8-17(9-7-16)25-11-5-10-23-25/h5-11H,4,12-13H2,1-3H3,(H2,20,21,22). The normalized spacial score (nSPS) is 11.6. The Morgan fingerprint density at radius 2 is 2.00 bits per heavy atom. The van der Waals surface area contributed by atoms with Gasteiger partial charge in [-0.2, -0.15) is 5.10 Å². The molecule has 0 bridgehead atoms. The summed E-state index contributed by atoms with van der Waals surface area (Å²) in [6.45, 7) is 8.33. The number of hydrogen-bond acceptors (Lipinski definition) is 4. The van der Waals surface area contributed by atoms with Gasteiger partial charge >= 0.3 is 0 Å². The Balaban J connectivity index is 1.62. The molecule has 2 heterocycles. The van der Waals surface area contributed by atoms with Crippen molar-refractivity contribution in [3.05, 3.63) is 63.9 Å². The van der Waals surface area contributed by atoms with E-state index in [1.54, 1.807) is 17.5 Å². The first-order valence-electron chi connectivity index (χ1n) is 8.69. The lowest BCUT2D eigenvalue weighted by atomic mass is 10.2. The molecular weight excluding hydrogens is 344 g/mol. The van der Waals surface area contributed by atoms with Gasteiger partial charge < -0.3 is 10.6 Å². The van der Waals surface area contributed by atoms with Crippen molar-refractivity contribution in [1.29, 1.82) is 0 Å². The summed E-state index contributed by atoms with van der Waals surface area (Å²) in [4.78, 5) is 10.4. The van der Waals surface area contributed by atoms with Gasteiger partial charge in [-0.25, -0.2) is 14.7 Å². The molecule has 136 valence electrons. The van der Waals surface area contributed by atoms with Gasteiger partial charge in [-0.1, -0.05) is 12.1 Å². The smallest absolute Gasteiger partial charge is 0.191 e. The topological polar surface area (TPSA) is 67.1 Å². The van der Waals surface area contributed by atoms with Crippen molar-refractivity contribution in [3.8, 4) is 5.69 Å². The maximum Gasteiger partial charge on any atom is 0.191 e. The monoisotopic (exact) mass is 368 g/mol. The molecule has 0 unspecified atom stereocenters. The minimum atomic E-state index is 0.620. The Morgan fingerprint density at radius 3 is 2.62 bits per heavy atom. The summed E-state index contributed by atoms with van der Waals surface area (Å²) in [5.41, 5.74) is 3.29. The third-order valence-corrected chi connectivity index (χ3v) is 4.96. The zero-order valence-corrected chi connectivity index (χ0v) is 16.2. The van der Waals surface area contributed by atoms with E-state index in [1.165, 1.54) is 4.88 Å². The second kappa shape index (κ2) is 8.62. The summed E-state index contributed by atoms with van der Waals surface area (Å²) in [5, 5.41) is 12.0. The van der Waals surface area contributed by atoms with E-state index < -0.39 is 0 Å². The van der Waals surface area contributed by atoms with Crippen molar-refractivity contribution in [3.63, 3.8) is 0 Å². The van der Waals surface area contributed by atoms with Crippen molar-refractivity contribution in [2.24, 2.45) is 4.99 Å². The van der Waals surface area contributed by atoms with Crippen LogP contribution in [-0.4, -0.2) is 27.3 Å². The second-order valence-electron chi connectivity index (χ2n) is 5.91. The summed E-state index contributed by atoms with van der Waals surface area (Å²) in [6, 6.07) is 10.2. The van der Waals surface area contributed by atoms with Crippen LogP contribution in [0.2, 0.25) is 0 Å². The van der Waals surface area contributed by atoms with E-state index in [1.807, 2.05) is 30.8 Å². The summed E-state index contributed by atoms with van der Waals surface area (Å²) in [7, 11) is 0. The predicted molar refractivity (Wildman–Crippen MR) is 107 cm³/mol. The third-order valence-electron chi connectivity index (χ3n) is 3.89. The molecule has 6 nitrogen and oxygen atoms in total. The van der Waals surface area contributed by atoms with Crippen LogP contribution in [0.1, 0.15) is 28.1 Å². The summed E-state index contributed by atoms with van der Waals surface area (Å²) in [6.07, 6.45) is 3.71. The highest BCUT2D eigenvalue weighted by atomic mass is 32.1. The van der Waals surface area contributed by atoms with Gasteiger partial charge in [0, 0.05) is 23.8 Å². The lowest BCUT2D eigenvalue weighted by Gasteiger charge is -2.11. The van der Waals surface area contributed by atoms with Crippen molar-refractivity contribution >= 4 is 17.3 Å². The first-order chi connectivity index (χ1) is 12.7. The van der Waals surface area contributed by atoms with Gasteiger partial charge in [0.25, 0.3) is 0 Å². The number of nitrogens with zero attached hydrogens (tertiary/aromatic N) is 4. The Morgan fingerprint density at radius 1 is 1.19 bits per heavy atom. The number of hydrogen-bond donors (Lipinski definition) is 2. The van der Waals surface area contributed by atoms with Crippen molar-refractivity contribution in [2.75, 3.05) is 6.54 Å². The van der Waals surface area contributed by atoms with Gasteiger partial charge in [0.1, 0.15) is 0 Å². The van der Waals surface area contributed by atoms with Gasteiger partial charge in [-0.15, -0.1) is 11.3 Å². The van der Waals surface area contributed by atoms with E-state index in [-0.39, 0.29) is 0 Å². The number of nitrogens with one attached hydrogen (secondary N) is 2. The van der Waals surface area contributed by atoms with Crippen LogP contribution in [0.25, 0.3) is 5.69 Å². The molecule has 0 radical (unpaired) electrons. The van der Waals surface area contributed by atoms with Gasteiger partial charge in [0.05, 0.1) is 29.5 Å². The highest BCUT2D eigenvalue weighted by Crippen LogP contribution is 2.16. The first-order valence-corrected chi connectivity index (χ1v) is 9.51. The second-order valence-corrected chi connectivity index (χ2v) is 7.20. The van der Waals surface area contributed by atoms with Crippen LogP contribution in [0.4, 0.5) is 0 Å². The molecule has 26 heavy (non-hydrogen) atoms. The molecular formula is C19H24N6S. The fraction of sp³-hybridized carbons (Fsp3) is 0.316. The Kier molecular flexibility index (Phi) is 6.01. The van der Waals surface area contributed by atoms with Crippen LogP contribution in [0.5, 0.6) is 0 Å². The Bertz CT molecular complexity index is 849. The number of aryl methyl sites for hydroxylation is 2. The molecule has 3 aromatic rings. The molecule has 1 aromatic carbocycles. The first kappa shape index (κ1) is 18.1. The highest BCUT2D eigenvalue weighted by Gasteiger charge is 2.06. The van der Waals surface area contributed by atoms with Gasteiger partial charge in [0.15, 0.2) is 5.96 Å². The molecule has 0 saturated heterocycles. The van der Waals surface area contributed by atoms with Crippen LogP contribution in [0.15, 0.2) is 47.7 Å². The fourth-order valence-electron chi connectivity index (χ4n) is 2.59. The van der Waals surface area contributed by atoms with Gasteiger partial charge in [-0.05, 0) is 44.5 Å². The van der Waals surface area contributed by atoms with E-state index in [9.17, 15) is 0 Å². The maximum absolute atomic E-state index is 4.68. The average Bonchev–Trinajstić information content (AvgIpc) is 3.27. The van der Waals surface area contributed by atoms with E-state index in [0.717, 1.165) is 41.0 Å². The van der Waals surface area contributed by atoms with E-state index in [0.29, 0.717) is 6.54 Å². The van der Waals surface area contributed by atoms with E-state index in [2.05, 4.69) is 56.9 Å². The predicted octanol–water partition coefficient (Wildman–Crippen LogP) is 3.20. The number of aromatic nitrogens is 3. The minimum absolute atomic E-state index is 0.620. The van der Waals surface area contributed by atoms with E-state index >= 15 is 0 Å². The van der Waals surface area contributed by atoms with Crippen molar-refractivity contribution in [2.45, 2.75) is 33.9 Å². The van der Waals surface area contributed by atoms with Crippen LogP contribution >= 0.6 is 11.3 Å². The van der Waals surface area contributed by atoms with Gasteiger partial charge in [-0.3, -0.25) is 0 Å². The largest absolute Gasteiger partial charge is 0.357 e. The average molecular weight is 369 g/mol. The number of aliphatic imine (C=N–C) groups is 1. The zero-order chi connectivity index (χ0) is 18.4. The SMILES string of the molecule is CCNC(=NCc1ccc(-n2cccn2)cc1)NCc1sc(C)nc1C. The molecule has 0 fully saturated rings. The molecule has 0 aliphatic carbocycles. The Labute approximate surface area is 158 Å². The summed E-state index contributed by atoms with van der Waals surface area (Å²) >= 11 is 1.72. The Hall–Kier alpha value is -2.67. The maximum atomic E-state index is 4.68. The lowest BCUT2D eigenvalue weighted by molar-refractivity contribution is 0.818. The van der Waals surface area contributed by atoms with Crippen molar-refractivity contribution in [1.82, 2.24) is 25.4 Å². The quantitative estimate of drug-likeness (QED) is 0.518. The number of benzene rings is 1. The molecule has 0 atom stereocenters. The van der Waals surface area contributed by atoms with Crippen molar-refractivity contribution < 1.29 is 0 Å². The summed E-state index contributed by atoms with van der Waals surface area (Å²) < 4.78 is 1.85. The molecule has 2 aromatic heterocycles. The number of guanidine groups is 1. The van der Waals surface area contributed by atoms with Crippen LogP contribution in [0.3, 0.4) is 0 Å². The van der Waals surface area contributed by atoms with Gasteiger partial charge in [0.2, 0.25) is 0 Å².